The highest BCUT2D eigenvalue weighted by Crippen LogP contribution is 2.21. The molecule has 22 heavy (non-hydrogen) atoms. The molecule has 5 nitrogen and oxygen atoms in total. The number of carbonyl (C=O) groups is 1. The SMILES string of the molecule is CCC(CC)NC(=O)c1cccc(S(=O)(=O)N2CCCC2)c1. The molecule has 1 saturated heterocycles. The number of sulfonamides is 1. The van der Waals surface area contributed by atoms with Crippen LogP contribution in [0.4, 0.5) is 0 Å². The molecule has 1 aromatic carbocycles. The quantitative estimate of drug-likeness (QED) is 0.874. The van der Waals surface area contributed by atoms with E-state index in [4.69, 9.17) is 0 Å². The first-order chi connectivity index (χ1) is 10.5. The minimum absolute atomic E-state index is 0.117. The zero-order valence-electron chi connectivity index (χ0n) is 13.2. The fourth-order valence-electron chi connectivity index (χ4n) is 2.64. The Bertz CT molecular complexity index is 618. The summed E-state index contributed by atoms with van der Waals surface area (Å²) in [6.45, 7) is 5.16. The van der Waals surface area contributed by atoms with Crippen molar-refractivity contribution >= 4 is 15.9 Å². The number of hydrogen-bond donors (Lipinski definition) is 1. The highest BCUT2D eigenvalue weighted by molar-refractivity contribution is 7.89. The Morgan fingerprint density at radius 3 is 2.45 bits per heavy atom. The third-order valence-corrected chi connectivity index (χ3v) is 6.01. The average molecular weight is 324 g/mol. The molecule has 1 aliphatic heterocycles. The summed E-state index contributed by atoms with van der Waals surface area (Å²) in [4.78, 5) is 12.5. The van der Waals surface area contributed by atoms with Gasteiger partial charge in [-0.25, -0.2) is 8.42 Å². The predicted molar refractivity (Wildman–Crippen MR) is 86.3 cm³/mol. The Balaban J connectivity index is 2.21. The molecule has 122 valence electrons. The zero-order valence-corrected chi connectivity index (χ0v) is 14.0. The van der Waals surface area contributed by atoms with E-state index in [0.29, 0.717) is 18.7 Å². The maximum atomic E-state index is 12.5. The van der Waals surface area contributed by atoms with Gasteiger partial charge in [-0.15, -0.1) is 0 Å². The van der Waals surface area contributed by atoms with Crippen LogP contribution in [0.15, 0.2) is 29.2 Å². The number of amides is 1. The Morgan fingerprint density at radius 2 is 1.86 bits per heavy atom. The maximum absolute atomic E-state index is 12.5. The molecule has 0 atom stereocenters. The molecular formula is C16H24N2O3S. The lowest BCUT2D eigenvalue weighted by molar-refractivity contribution is 0.0934. The summed E-state index contributed by atoms with van der Waals surface area (Å²) in [5, 5.41) is 2.93. The van der Waals surface area contributed by atoms with E-state index in [0.717, 1.165) is 25.7 Å². The molecule has 1 fully saturated rings. The molecule has 0 aromatic heterocycles. The van der Waals surface area contributed by atoms with Crippen LogP contribution in [0.25, 0.3) is 0 Å². The third-order valence-electron chi connectivity index (χ3n) is 4.12. The average Bonchev–Trinajstić information content (AvgIpc) is 3.07. The second kappa shape index (κ2) is 7.24. The monoisotopic (exact) mass is 324 g/mol. The smallest absolute Gasteiger partial charge is 0.251 e. The van der Waals surface area contributed by atoms with Gasteiger partial charge in [0.25, 0.3) is 5.91 Å². The summed E-state index contributed by atoms with van der Waals surface area (Å²) >= 11 is 0. The van der Waals surface area contributed by atoms with E-state index < -0.39 is 10.0 Å². The van der Waals surface area contributed by atoms with Gasteiger partial charge in [0, 0.05) is 24.7 Å². The topological polar surface area (TPSA) is 66.5 Å². The van der Waals surface area contributed by atoms with E-state index in [-0.39, 0.29) is 16.8 Å². The molecular weight excluding hydrogens is 300 g/mol. The standard InChI is InChI=1S/C16H24N2O3S/c1-3-14(4-2)17-16(19)13-8-7-9-15(12-13)22(20,21)18-10-5-6-11-18/h7-9,12,14H,3-6,10-11H2,1-2H3,(H,17,19). The number of nitrogens with zero attached hydrogens (tertiary/aromatic N) is 1. The Morgan fingerprint density at radius 1 is 1.23 bits per heavy atom. The van der Waals surface area contributed by atoms with Gasteiger partial charge in [0.15, 0.2) is 0 Å². The number of rotatable bonds is 6. The van der Waals surface area contributed by atoms with Crippen LogP contribution >= 0.6 is 0 Å². The van der Waals surface area contributed by atoms with Crippen LogP contribution in [0.2, 0.25) is 0 Å². The van der Waals surface area contributed by atoms with Crippen molar-refractivity contribution < 1.29 is 13.2 Å². The summed E-state index contributed by atoms with van der Waals surface area (Å²) in [7, 11) is -3.48. The van der Waals surface area contributed by atoms with E-state index in [9.17, 15) is 13.2 Å². The fraction of sp³-hybridized carbons (Fsp3) is 0.562. The van der Waals surface area contributed by atoms with Crippen molar-refractivity contribution in [3.63, 3.8) is 0 Å². The number of hydrogen-bond acceptors (Lipinski definition) is 3. The largest absolute Gasteiger partial charge is 0.349 e. The van der Waals surface area contributed by atoms with Crippen LogP contribution in [0, 0.1) is 0 Å². The lowest BCUT2D eigenvalue weighted by Gasteiger charge is -2.17. The molecule has 0 unspecified atom stereocenters. The van der Waals surface area contributed by atoms with Crippen LogP contribution in [0.3, 0.4) is 0 Å². The van der Waals surface area contributed by atoms with E-state index >= 15 is 0 Å². The third kappa shape index (κ3) is 3.67. The van der Waals surface area contributed by atoms with Crippen molar-refractivity contribution in [2.45, 2.75) is 50.5 Å². The van der Waals surface area contributed by atoms with Gasteiger partial charge < -0.3 is 5.32 Å². The molecule has 0 spiro atoms. The maximum Gasteiger partial charge on any atom is 0.251 e. The first kappa shape index (κ1) is 17.0. The van der Waals surface area contributed by atoms with Crippen molar-refractivity contribution in [3.05, 3.63) is 29.8 Å². The summed E-state index contributed by atoms with van der Waals surface area (Å²) in [5.41, 5.74) is 0.396. The van der Waals surface area contributed by atoms with E-state index in [1.807, 2.05) is 13.8 Å². The Kier molecular flexibility index (Phi) is 5.58. The molecule has 6 heteroatoms. The summed E-state index contributed by atoms with van der Waals surface area (Å²) in [6, 6.07) is 6.43. The number of carbonyl (C=O) groups excluding carboxylic acids is 1. The molecule has 2 rings (SSSR count). The molecule has 1 heterocycles. The van der Waals surface area contributed by atoms with E-state index in [2.05, 4.69) is 5.32 Å². The molecule has 0 aliphatic carbocycles. The van der Waals surface area contributed by atoms with Gasteiger partial charge in [-0.3, -0.25) is 4.79 Å². The number of nitrogens with one attached hydrogen (secondary N) is 1. The second-order valence-corrected chi connectivity index (χ2v) is 7.56. The lowest BCUT2D eigenvalue weighted by Crippen LogP contribution is -2.34. The van der Waals surface area contributed by atoms with Crippen molar-refractivity contribution in [2.24, 2.45) is 0 Å². The fourth-order valence-corrected chi connectivity index (χ4v) is 4.20. The van der Waals surface area contributed by atoms with E-state index in [1.54, 1.807) is 18.2 Å². The van der Waals surface area contributed by atoms with Gasteiger partial charge in [-0.05, 0) is 43.9 Å². The van der Waals surface area contributed by atoms with E-state index in [1.165, 1.54) is 10.4 Å². The molecule has 1 amide bonds. The van der Waals surface area contributed by atoms with Gasteiger partial charge >= 0.3 is 0 Å². The van der Waals surface area contributed by atoms with Crippen molar-refractivity contribution in [2.75, 3.05) is 13.1 Å². The van der Waals surface area contributed by atoms with Crippen LogP contribution in [0.1, 0.15) is 49.9 Å². The summed E-state index contributed by atoms with van der Waals surface area (Å²) < 4.78 is 26.6. The van der Waals surface area contributed by atoms with Crippen molar-refractivity contribution in [1.29, 1.82) is 0 Å². The zero-order chi connectivity index (χ0) is 16.2. The van der Waals surface area contributed by atoms with Gasteiger partial charge in [0.05, 0.1) is 4.90 Å². The van der Waals surface area contributed by atoms with Crippen LogP contribution in [-0.4, -0.2) is 37.8 Å². The Labute approximate surface area is 132 Å². The molecule has 0 radical (unpaired) electrons. The predicted octanol–water partition coefficient (Wildman–Crippen LogP) is 2.39. The molecule has 0 bridgehead atoms. The minimum Gasteiger partial charge on any atom is -0.349 e. The second-order valence-electron chi connectivity index (χ2n) is 5.63. The summed E-state index contributed by atoms with van der Waals surface area (Å²) in [5.74, 6) is -0.216. The van der Waals surface area contributed by atoms with Crippen molar-refractivity contribution in [1.82, 2.24) is 9.62 Å². The molecule has 1 aliphatic rings. The van der Waals surface area contributed by atoms with Crippen molar-refractivity contribution in [3.8, 4) is 0 Å². The van der Waals surface area contributed by atoms with Crippen LogP contribution in [0.5, 0.6) is 0 Å². The highest BCUT2D eigenvalue weighted by atomic mass is 32.2. The molecule has 1 aromatic rings. The van der Waals surface area contributed by atoms with Crippen LogP contribution in [-0.2, 0) is 10.0 Å². The van der Waals surface area contributed by atoms with Crippen LogP contribution < -0.4 is 5.32 Å². The number of benzene rings is 1. The molecule has 0 saturated carbocycles. The highest BCUT2D eigenvalue weighted by Gasteiger charge is 2.27. The summed E-state index contributed by atoms with van der Waals surface area (Å²) in [6.07, 6.45) is 3.50. The molecule has 1 N–H and O–H groups in total. The van der Waals surface area contributed by atoms with Gasteiger partial charge in [0.2, 0.25) is 10.0 Å². The first-order valence-corrected chi connectivity index (χ1v) is 9.34. The normalized spacial score (nSPS) is 16.1. The van der Waals surface area contributed by atoms with Gasteiger partial charge in [0.1, 0.15) is 0 Å². The van der Waals surface area contributed by atoms with Gasteiger partial charge in [-0.2, -0.15) is 4.31 Å². The Hall–Kier alpha value is -1.40. The first-order valence-electron chi connectivity index (χ1n) is 7.90. The van der Waals surface area contributed by atoms with Gasteiger partial charge in [-0.1, -0.05) is 19.9 Å². The minimum atomic E-state index is -3.48. The lowest BCUT2D eigenvalue weighted by atomic mass is 10.1.